The van der Waals surface area contributed by atoms with Gasteiger partial charge in [0, 0.05) is 49.4 Å². The zero-order valence-corrected chi connectivity index (χ0v) is 17.2. The first-order valence-electron chi connectivity index (χ1n) is 10.5. The summed E-state index contributed by atoms with van der Waals surface area (Å²) in [6.45, 7) is 6.53. The molecule has 0 aromatic carbocycles. The average molecular weight is 399 g/mol. The highest BCUT2D eigenvalue weighted by Gasteiger charge is 2.31. The number of aromatic nitrogens is 2. The second kappa shape index (κ2) is 8.63. The van der Waals surface area contributed by atoms with Crippen LogP contribution >= 0.6 is 0 Å². The molecule has 2 aromatic heterocycles. The van der Waals surface area contributed by atoms with Gasteiger partial charge in [-0.1, -0.05) is 11.2 Å². The van der Waals surface area contributed by atoms with Crippen molar-refractivity contribution in [2.75, 3.05) is 26.3 Å². The Labute approximate surface area is 171 Å². The minimum atomic E-state index is -0.0916. The van der Waals surface area contributed by atoms with Gasteiger partial charge in [-0.3, -0.25) is 9.78 Å². The predicted octanol–water partition coefficient (Wildman–Crippen LogP) is 2.98. The van der Waals surface area contributed by atoms with Crippen molar-refractivity contribution in [1.29, 1.82) is 0 Å². The van der Waals surface area contributed by atoms with E-state index in [9.17, 15) is 9.90 Å². The van der Waals surface area contributed by atoms with Gasteiger partial charge in [0.1, 0.15) is 5.76 Å². The second-order valence-electron chi connectivity index (χ2n) is 8.11. The number of rotatable bonds is 4. The van der Waals surface area contributed by atoms with Crippen LogP contribution < -0.4 is 0 Å². The number of nitrogens with zero attached hydrogens (tertiary/aromatic N) is 3. The van der Waals surface area contributed by atoms with E-state index in [4.69, 9.17) is 14.2 Å². The van der Waals surface area contributed by atoms with Crippen LogP contribution in [0.4, 0.5) is 0 Å². The van der Waals surface area contributed by atoms with E-state index in [0.29, 0.717) is 25.5 Å². The Kier molecular flexibility index (Phi) is 5.96. The van der Waals surface area contributed by atoms with Crippen molar-refractivity contribution in [1.82, 2.24) is 15.0 Å². The molecule has 0 radical (unpaired) electrons. The van der Waals surface area contributed by atoms with Crippen molar-refractivity contribution in [3.63, 3.8) is 0 Å². The zero-order valence-electron chi connectivity index (χ0n) is 17.2. The fourth-order valence-corrected chi connectivity index (χ4v) is 4.52. The van der Waals surface area contributed by atoms with E-state index in [-0.39, 0.29) is 24.3 Å². The van der Waals surface area contributed by atoms with Gasteiger partial charge in [0.05, 0.1) is 23.6 Å². The van der Waals surface area contributed by atoms with Crippen molar-refractivity contribution in [3.8, 4) is 11.3 Å². The predicted molar refractivity (Wildman–Crippen MR) is 107 cm³/mol. The van der Waals surface area contributed by atoms with Crippen LogP contribution in [0.15, 0.2) is 16.7 Å². The summed E-state index contributed by atoms with van der Waals surface area (Å²) in [4.78, 5) is 19.9. The van der Waals surface area contributed by atoms with Gasteiger partial charge >= 0.3 is 0 Å². The molecule has 29 heavy (non-hydrogen) atoms. The standard InChI is InChI=1S/C22H29N3O4/c1-14-20(15(2)29-24-14)21-18(13-26)5-6-19(23-21)17-4-3-9-25(12-17)22(27)16-7-10-28-11-8-16/h5-6,16-17,26H,3-4,7-13H2,1-2H3. The van der Waals surface area contributed by atoms with Crippen molar-refractivity contribution < 1.29 is 19.2 Å². The summed E-state index contributed by atoms with van der Waals surface area (Å²) in [6.07, 6.45) is 3.62. The molecule has 4 heterocycles. The lowest BCUT2D eigenvalue weighted by molar-refractivity contribution is -0.139. The first-order valence-corrected chi connectivity index (χ1v) is 10.5. The Hall–Kier alpha value is -2.25. The summed E-state index contributed by atoms with van der Waals surface area (Å²) in [5, 5.41) is 13.8. The molecular formula is C22H29N3O4. The van der Waals surface area contributed by atoms with E-state index in [1.165, 1.54) is 0 Å². The number of carbonyl (C=O) groups is 1. The molecule has 0 saturated carbocycles. The number of aliphatic hydroxyl groups is 1. The number of amides is 1. The Morgan fingerprint density at radius 3 is 2.72 bits per heavy atom. The van der Waals surface area contributed by atoms with Gasteiger partial charge in [-0.05, 0) is 45.6 Å². The fourth-order valence-electron chi connectivity index (χ4n) is 4.52. The summed E-state index contributed by atoms with van der Waals surface area (Å²) < 4.78 is 10.7. The molecular weight excluding hydrogens is 370 g/mol. The normalized spacial score (nSPS) is 20.8. The number of aryl methyl sites for hydroxylation is 2. The first kappa shape index (κ1) is 20.0. The van der Waals surface area contributed by atoms with Crippen LogP contribution in [0.5, 0.6) is 0 Å². The van der Waals surface area contributed by atoms with E-state index in [2.05, 4.69) is 5.16 Å². The molecule has 1 atom stereocenters. The summed E-state index contributed by atoms with van der Waals surface area (Å²) in [7, 11) is 0. The lowest BCUT2D eigenvalue weighted by atomic mass is 9.91. The number of carbonyl (C=O) groups excluding carboxylic acids is 1. The van der Waals surface area contributed by atoms with E-state index < -0.39 is 0 Å². The number of ether oxygens (including phenoxy) is 1. The van der Waals surface area contributed by atoms with Crippen LogP contribution in [0.3, 0.4) is 0 Å². The number of piperidine rings is 1. The molecule has 1 unspecified atom stereocenters. The quantitative estimate of drug-likeness (QED) is 0.850. The van der Waals surface area contributed by atoms with Crippen molar-refractivity contribution in [2.24, 2.45) is 5.92 Å². The molecule has 4 rings (SSSR count). The first-order chi connectivity index (χ1) is 14.1. The summed E-state index contributed by atoms with van der Waals surface area (Å²) in [6, 6.07) is 3.92. The third-order valence-corrected chi connectivity index (χ3v) is 6.16. The summed E-state index contributed by atoms with van der Waals surface area (Å²) in [5.74, 6) is 1.24. The highest BCUT2D eigenvalue weighted by molar-refractivity contribution is 5.79. The lowest BCUT2D eigenvalue weighted by Crippen LogP contribution is -2.43. The summed E-state index contributed by atoms with van der Waals surface area (Å²) >= 11 is 0. The maximum atomic E-state index is 13.0. The Bertz CT molecular complexity index is 853. The smallest absolute Gasteiger partial charge is 0.225 e. The highest BCUT2D eigenvalue weighted by atomic mass is 16.5. The third kappa shape index (κ3) is 4.07. The molecule has 7 nitrogen and oxygen atoms in total. The van der Waals surface area contributed by atoms with E-state index >= 15 is 0 Å². The van der Waals surface area contributed by atoms with Crippen LogP contribution in [-0.2, 0) is 16.1 Å². The minimum Gasteiger partial charge on any atom is -0.392 e. The summed E-state index contributed by atoms with van der Waals surface area (Å²) in [5.41, 5.74) is 4.06. The molecule has 1 N–H and O–H groups in total. The fraction of sp³-hybridized carbons (Fsp3) is 0.591. The third-order valence-electron chi connectivity index (χ3n) is 6.16. The van der Waals surface area contributed by atoms with Crippen LogP contribution in [0.1, 0.15) is 54.3 Å². The van der Waals surface area contributed by atoms with Gasteiger partial charge < -0.3 is 19.3 Å². The van der Waals surface area contributed by atoms with Gasteiger partial charge in [0.15, 0.2) is 0 Å². The maximum Gasteiger partial charge on any atom is 0.225 e. The Balaban J connectivity index is 1.58. The highest BCUT2D eigenvalue weighted by Crippen LogP contribution is 2.33. The molecule has 0 spiro atoms. The Morgan fingerprint density at radius 2 is 2.03 bits per heavy atom. The van der Waals surface area contributed by atoms with E-state index in [1.807, 2.05) is 30.9 Å². The van der Waals surface area contributed by atoms with Gasteiger partial charge in [-0.25, -0.2) is 0 Å². The van der Waals surface area contributed by atoms with E-state index in [1.54, 1.807) is 0 Å². The van der Waals surface area contributed by atoms with Gasteiger partial charge in [0.25, 0.3) is 0 Å². The molecule has 2 saturated heterocycles. The number of likely N-dealkylation sites (tertiary alicyclic amines) is 1. The van der Waals surface area contributed by atoms with Crippen LogP contribution in [-0.4, -0.2) is 52.4 Å². The topological polar surface area (TPSA) is 88.7 Å². The average Bonchev–Trinajstić information content (AvgIpc) is 3.11. The lowest BCUT2D eigenvalue weighted by Gasteiger charge is -2.35. The maximum absolute atomic E-state index is 13.0. The molecule has 0 bridgehead atoms. The van der Waals surface area contributed by atoms with Crippen LogP contribution in [0.2, 0.25) is 0 Å². The van der Waals surface area contributed by atoms with Gasteiger partial charge in [0.2, 0.25) is 5.91 Å². The molecule has 2 aliphatic rings. The monoisotopic (exact) mass is 399 g/mol. The molecule has 7 heteroatoms. The number of pyridine rings is 1. The van der Waals surface area contributed by atoms with Crippen molar-refractivity contribution in [3.05, 3.63) is 34.8 Å². The zero-order chi connectivity index (χ0) is 20.4. The molecule has 1 amide bonds. The molecule has 2 aromatic rings. The van der Waals surface area contributed by atoms with Crippen LogP contribution in [0, 0.1) is 19.8 Å². The molecule has 2 aliphatic heterocycles. The SMILES string of the molecule is Cc1noc(C)c1-c1nc(C2CCCN(C(=O)C3CCOCC3)C2)ccc1CO. The van der Waals surface area contributed by atoms with Crippen molar-refractivity contribution >= 4 is 5.91 Å². The Morgan fingerprint density at radius 1 is 1.24 bits per heavy atom. The van der Waals surface area contributed by atoms with Crippen LogP contribution in [0.25, 0.3) is 11.3 Å². The minimum absolute atomic E-state index is 0.0880. The molecule has 0 aliphatic carbocycles. The number of hydrogen-bond acceptors (Lipinski definition) is 6. The number of aliphatic hydroxyl groups excluding tert-OH is 1. The van der Waals surface area contributed by atoms with E-state index in [0.717, 1.165) is 60.4 Å². The molecule has 2 fully saturated rings. The van der Waals surface area contributed by atoms with Gasteiger partial charge in [-0.15, -0.1) is 0 Å². The molecule has 156 valence electrons. The number of hydrogen-bond donors (Lipinski definition) is 1. The largest absolute Gasteiger partial charge is 0.392 e. The van der Waals surface area contributed by atoms with Gasteiger partial charge in [-0.2, -0.15) is 0 Å². The van der Waals surface area contributed by atoms with Crippen molar-refractivity contribution in [2.45, 2.75) is 52.1 Å². The second-order valence-corrected chi connectivity index (χ2v) is 8.11.